The Morgan fingerprint density at radius 1 is 1.32 bits per heavy atom. The molecule has 2 rings (SSSR count). The van der Waals surface area contributed by atoms with Gasteiger partial charge in [0, 0.05) is 25.3 Å². The number of amidine groups is 1. The first-order valence-corrected chi connectivity index (χ1v) is 6.97. The maximum absolute atomic E-state index is 11.8. The molecular weight excluding hydrogens is 240 g/mol. The molecule has 104 valence electrons. The highest BCUT2D eigenvalue weighted by Crippen LogP contribution is 2.12. The molecule has 1 saturated heterocycles. The van der Waals surface area contributed by atoms with Gasteiger partial charge in [0.2, 0.25) is 0 Å². The third kappa shape index (κ3) is 3.43. The van der Waals surface area contributed by atoms with E-state index in [0.717, 1.165) is 18.9 Å². The van der Waals surface area contributed by atoms with E-state index in [2.05, 4.69) is 14.9 Å². The minimum absolute atomic E-state index is 0.126. The molecule has 1 fully saturated rings. The number of likely N-dealkylation sites (tertiary alicyclic amines) is 1. The molecule has 0 radical (unpaired) electrons. The van der Waals surface area contributed by atoms with Gasteiger partial charge in [-0.3, -0.25) is 4.57 Å². The van der Waals surface area contributed by atoms with Crippen molar-refractivity contribution in [2.24, 2.45) is 4.99 Å². The molecular formula is C14H22N4O. The number of rotatable bonds is 2. The van der Waals surface area contributed by atoms with Crippen LogP contribution in [0.2, 0.25) is 0 Å². The van der Waals surface area contributed by atoms with Crippen LogP contribution in [-0.4, -0.2) is 33.4 Å². The molecule has 1 aliphatic rings. The Bertz CT molecular complexity index is 512. The average molecular weight is 262 g/mol. The molecule has 1 aliphatic heterocycles. The van der Waals surface area contributed by atoms with Crippen molar-refractivity contribution in [3.05, 3.63) is 22.7 Å². The predicted molar refractivity (Wildman–Crippen MR) is 77.1 cm³/mol. The summed E-state index contributed by atoms with van der Waals surface area (Å²) in [5.41, 5.74) is -0.234. The third-order valence-electron chi connectivity index (χ3n) is 3.46. The van der Waals surface area contributed by atoms with Gasteiger partial charge in [0.25, 0.3) is 0 Å². The Hall–Kier alpha value is -1.65. The maximum Gasteiger partial charge on any atom is 0.349 e. The third-order valence-corrected chi connectivity index (χ3v) is 3.46. The molecule has 5 nitrogen and oxygen atoms in total. The molecule has 1 aromatic heterocycles. The van der Waals surface area contributed by atoms with Gasteiger partial charge in [-0.1, -0.05) is 0 Å². The summed E-state index contributed by atoms with van der Waals surface area (Å²) >= 11 is 0. The van der Waals surface area contributed by atoms with Gasteiger partial charge in [-0.25, -0.2) is 9.79 Å². The normalized spacial score (nSPS) is 17.1. The summed E-state index contributed by atoms with van der Waals surface area (Å²) in [6.07, 6.45) is 5.50. The Morgan fingerprint density at radius 3 is 2.58 bits per heavy atom. The SMILES string of the molecule is C/C(=N/c1ccn(C(C)C)c(=O)n1)N1CCCCC1. The van der Waals surface area contributed by atoms with Gasteiger partial charge >= 0.3 is 5.69 Å². The van der Waals surface area contributed by atoms with E-state index in [-0.39, 0.29) is 11.7 Å². The van der Waals surface area contributed by atoms with E-state index in [0.29, 0.717) is 5.82 Å². The Morgan fingerprint density at radius 2 is 2.00 bits per heavy atom. The lowest BCUT2D eigenvalue weighted by atomic mass is 10.1. The summed E-state index contributed by atoms with van der Waals surface area (Å²) in [4.78, 5) is 22.6. The second-order valence-corrected chi connectivity index (χ2v) is 5.28. The highest BCUT2D eigenvalue weighted by Gasteiger charge is 2.11. The van der Waals surface area contributed by atoms with E-state index >= 15 is 0 Å². The van der Waals surface area contributed by atoms with Crippen molar-refractivity contribution in [2.75, 3.05) is 13.1 Å². The van der Waals surface area contributed by atoms with Crippen LogP contribution >= 0.6 is 0 Å². The Labute approximate surface area is 114 Å². The molecule has 0 aromatic carbocycles. The van der Waals surface area contributed by atoms with E-state index in [1.54, 1.807) is 16.8 Å². The predicted octanol–water partition coefficient (Wildman–Crippen LogP) is 2.36. The van der Waals surface area contributed by atoms with Gasteiger partial charge in [0.15, 0.2) is 5.82 Å². The van der Waals surface area contributed by atoms with Gasteiger partial charge in [-0.2, -0.15) is 4.98 Å². The van der Waals surface area contributed by atoms with Crippen molar-refractivity contribution in [1.82, 2.24) is 14.5 Å². The van der Waals surface area contributed by atoms with Crippen molar-refractivity contribution in [3.63, 3.8) is 0 Å². The van der Waals surface area contributed by atoms with Crippen LogP contribution < -0.4 is 5.69 Å². The van der Waals surface area contributed by atoms with E-state index in [1.807, 2.05) is 20.8 Å². The molecule has 1 aromatic rings. The molecule has 0 N–H and O–H groups in total. The smallest absolute Gasteiger partial charge is 0.349 e. The molecule has 19 heavy (non-hydrogen) atoms. The molecule has 0 bridgehead atoms. The van der Waals surface area contributed by atoms with Crippen molar-refractivity contribution in [1.29, 1.82) is 0 Å². The van der Waals surface area contributed by atoms with Crippen LogP contribution in [0.5, 0.6) is 0 Å². The molecule has 5 heteroatoms. The lowest BCUT2D eigenvalue weighted by molar-refractivity contribution is 0.340. The summed E-state index contributed by atoms with van der Waals surface area (Å²) in [5, 5.41) is 0. The summed E-state index contributed by atoms with van der Waals surface area (Å²) in [6, 6.07) is 1.93. The minimum Gasteiger partial charge on any atom is -0.360 e. The van der Waals surface area contributed by atoms with Crippen molar-refractivity contribution in [2.45, 2.75) is 46.1 Å². The minimum atomic E-state index is -0.234. The fourth-order valence-electron chi connectivity index (χ4n) is 2.31. The molecule has 0 atom stereocenters. The number of aromatic nitrogens is 2. The molecule has 2 heterocycles. The number of hydrogen-bond acceptors (Lipinski definition) is 3. The molecule has 0 spiro atoms. The second-order valence-electron chi connectivity index (χ2n) is 5.28. The zero-order chi connectivity index (χ0) is 13.8. The van der Waals surface area contributed by atoms with Gasteiger partial charge in [0.1, 0.15) is 5.84 Å². The molecule has 0 amide bonds. The van der Waals surface area contributed by atoms with Gasteiger partial charge in [-0.15, -0.1) is 0 Å². The summed E-state index contributed by atoms with van der Waals surface area (Å²) in [6.45, 7) is 8.02. The van der Waals surface area contributed by atoms with E-state index < -0.39 is 0 Å². The fraction of sp³-hybridized carbons (Fsp3) is 0.643. The highest BCUT2D eigenvalue weighted by atomic mass is 16.1. The quantitative estimate of drug-likeness (QED) is 0.607. The molecule has 0 unspecified atom stereocenters. The van der Waals surface area contributed by atoms with Crippen LogP contribution in [0, 0.1) is 0 Å². The Kier molecular flexibility index (Phi) is 4.35. The zero-order valence-electron chi connectivity index (χ0n) is 12.0. The van der Waals surface area contributed by atoms with Crippen LogP contribution in [0.1, 0.15) is 46.1 Å². The van der Waals surface area contributed by atoms with Crippen molar-refractivity contribution < 1.29 is 0 Å². The lowest BCUT2D eigenvalue weighted by Gasteiger charge is -2.28. The number of piperidine rings is 1. The van der Waals surface area contributed by atoms with Crippen molar-refractivity contribution >= 4 is 11.7 Å². The topological polar surface area (TPSA) is 50.5 Å². The van der Waals surface area contributed by atoms with Crippen LogP contribution in [0.4, 0.5) is 5.82 Å². The monoisotopic (exact) mass is 262 g/mol. The van der Waals surface area contributed by atoms with Gasteiger partial charge in [-0.05, 0) is 46.1 Å². The number of nitrogens with zero attached hydrogens (tertiary/aromatic N) is 4. The van der Waals surface area contributed by atoms with E-state index in [1.165, 1.54) is 19.3 Å². The average Bonchev–Trinajstić information content (AvgIpc) is 2.39. The van der Waals surface area contributed by atoms with Crippen LogP contribution in [0.15, 0.2) is 22.1 Å². The van der Waals surface area contributed by atoms with Crippen LogP contribution in [0.3, 0.4) is 0 Å². The number of aliphatic imine (C=N–C) groups is 1. The second kappa shape index (κ2) is 5.99. The first kappa shape index (κ1) is 13.8. The van der Waals surface area contributed by atoms with E-state index in [9.17, 15) is 4.79 Å². The first-order valence-electron chi connectivity index (χ1n) is 6.97. The summed E-state index contributed by atoms with van der Waals surface area (Å²) in [5.74, 6) is 1.46. The van der Waals surface area contributed by atoms with Gasteiger partial charge in [0.05, 0.1) is 0 Å². The number of hydrogen-bond donors (Lipinski definition) is 0. The fourth-order valence-corrected chi connectivity index (χ4v) is 2.31. The standard InChI is InChI=1S/C14H22N4O/c1-11(2)18-10-7-13(16-14(18)19)15-12(3)17-8-5-4-6-9-17/h7,10-11H,4-6,8-9H2,1-3H3/b15-12-. The lowest BCUT2D eigenvalue weighted by Crippen LogP contribution is -2.34. The summed E-state index contributed by atoms with van der Waals surface area (Å²) in [7, 11) is 0. The maximum atomic E-state index is 11.8. The molecule has 0 aliphatic carbocycles. The van der Waals surface area contributed by atoms with Crippen LogP contribution in [-0.2, 0) is 0 Å². The summed E-state index contributed by atoms with van der Waals surface area (Å²) < 4.78 is 1.61. The first-order chi connectivity index (χ1) is 9.08. The van der Waals surface area contributed by atoms with Gasteiger partial charge < -0.3 is 4.90 Å². The van der Waals surface area contributed by atoms with Crippen molar-refractivity contribution in [3.8, 4) is 0 Å². The Balaban J connectivity index is 2.18. The largest absolute Gasteiger partial charge is 0.360 e. The van der Waals surface area contributed by atoms with Crippen LogP contribution in [0.25, 0.3) is 0 Å². The van der Waals surface area contributed by atoms with E-state index in [4.69, 9.17) is 0 Å². The zero-order valence-corrected chi connectivity index (χ0v) is 12.0. The highest BCUT2D eigenvalue weighted by molar-refractivity contribution is 5.82. The molecule has 0 saturated carbocycles.